The summed E-state index contributed by atoms with van der Waals surface area (Å²) >= 11 is 1.53. The van der Waals surface area contributed by atoms with E-state index in [-0.39, 0.29) is 5.75 Å². The molecule has 1 aromatic carbocycles. The molecule has 1 heterocycles. The van der Waals surface area contributed by atoms with E-state index in [2.05, 4.69) is 4.98 Å². The number of rotatable bonds is 5. The fourth-order valence-electron chi connectivity index (χ4n) is 1.70. The molecule has 0 atom stereocenters. The molecule has 102 valence electrons. The van der Waals surface area contributed by atoms with Gasteiger partial charge in [0.1, 0.15) is 0 Å². The molecule has 0 saturated heterocycles. The summed E-state index contributed by atoms with van der Waals surface area (Å²) < 4.78 is 25.8. The topological polar surface area (TPSA) is 50.3 Å². The van der Waals surface area contributed by atoms with Gasteiger partial charge in [-0.2, -0.15) is 4.31 Å². The van der Waals surface area contributed by atoms with Crippen LogP contribution in [0.25, 0.3) is 0 Å². The fourth-order valence-corrected chi connectivity index (χ4v) is 3.47. The largest absolute Gasteiger partial charge is 0.245 e. The van der Waals surface area contributed by atoms with E-state index in [1.807, 2.05) is 42.6 Å². The molecule has 0 unspecified atom stereocenters. The molecule has 0 aliphatic heterocycles. The van der Waals surface area contributed by atoms with Crippen molar-refractivity contribution in [1.82, 2.24) is 9.29 Å². The summed E-state index contributed by atoms with van der Waals surface area (Å²) in [5.74, 6) is 0.0213. The van der Waals surface area contributed by atoms with E-state index in [4.69, 9.17) is 0 Å². The van der Waals surface area contributed by atoms with Crippen molar-refractivity contribution in [1.29, 1.82) is 0 Å². The van der Waals surface area contributed by atoms with E-state index in [1.54, 1.807) is 7.05 Å². The zero-order valence-corrected chi connectivity index (χ0v) is 12.5. The normalized spacial score (nSPS) is 11.9. The molecule has 0 fully saturated rings. The first kappa shape index (κ1) is 14.2. The van der Waals surface area contributed by atoms with Gasteiger partial charge in [0, 0.05) is 12.4 Å². The molecular weight excluding hydrogens is 280 g/mol. The van der Waals surface area contributed by atoms with Crippen molar-refractivity contribution in [3.05, 3.63) is 52.0 Å². The number of sulfonamides is 1. The van der Waals surface area contributed by atoms with Crippen molar-refractivity contribution in [2.45, 2.75) is 19.2 Å². The highest BCUT2D eigenvalue weighted by Crippen LogP contribution is 2.14. The quantitative estimate of drug-likeness (QED) is 0.851. The molecule has 4 nitrogen and oxygen atoms in total. The van der Waals surface area contributed by atoms with Gasteiger partial charge in [-0.05, 0) is 12.5 Å². The monoisotopic (exact) mass is 296 g/mol. The van der Waals surface area contributed by atoms with Gasteiger partial charge in [-0.15, -0.1) is 11.3 Å². The summed E-state index contributed by atoms with van der Waals surface area (Å²) in [7, 11) is -1.71. The molecule has 2 aromatic rings. The van der Waals surface area contributed by atoms with Crippen LogP contribution in [0.5, 0.6) is 0 Å². The summed E-state index contributed by atoms with van der Waals surface area (Å²) in [6.45, 7) is 2.23. The van der Waals surface area contributed by atoms with Crippen molar-refractivity contribution in [2.24, 2.45) is 0 Å². The van der Waals surface area contributed by atoms with Gasteiger partial charge in [0.05, 0.1) is 23.0 Å². The highest BCUT2D eigenvalue weighted by Gasteiger charge is 2.19. The predicted molar refractivity (Wildman–Crippen MR) is 77.4 cm³/mol. The van der Waals surface area contributed by atoms with Crippen LogP contribution in [0.1, 0.15) is 16.3 Å². The van der Waals surface area contributed by atoms with Crippen LogP contribution in [0, 0.1) is 6.92 Å². The van der Waals surface area contributed by atoms with Crippen LogP contribution >= 0.6 is 11.3 Å². The molecule has 6 heteroatoms. The Labute approximate surface area is 117 Å². The summed E-state index contributed by atoms with van der Waals surface area (Å²) in [6.07, 6.45) is 0. The zero-order valence-electron chi connectivity index (χ0n) is 10.9. The van der Waals surface area contributed by atoms with E-state index in [0.717, 1.165) is 16.3 Å². The van der Waals surface area contributed by atoms with E-state index in [9.17, 15) is 8.42 Å². The Morgan fingerprint density at radius 2 is 1.95 bits per heavy atom. The Balaban J connectivity index is 2.07. The van der Waals surface area contributed by atoms with Crippen LogP contribution in [0.4, 0.5) is 0 Å². The van der Waals surface area contributed by atoms with Crippen molar-refractivity contribution < 1.29 is 8.42 Å². The van der Waals surface area contributed by atoms with E-state index < -0.39 is 10.0 Å². The second-order valence-electron chi connectivity index (χ2n) is 4.36. The SMILES string of the molecule is Cc1nc(CN(C)S(=O)(=O)Cc2ccccc2)cs1. The lowest BCUT2D eigenvalue weighted by Crippen LogP contribution is -2.27. The van der Waals surface area contributed by atoms with Crippen LogP contribution in [0.2, 0.25) is 0 Å². The zero-order chi connectivity index (χ0) is 13.9. The standard InChI is InChI=1S/C13H16N2O2S2/c1-11-14-13(9-18-11)8-15(2)19(16,17)10-12-6-4-3-5-7-12/h3-7,9H,8,10H2,1-2H3. The summed E-state index contributed by atoms with van der Waals surface area (Å²) in [5, 5.41) is 2.84. The average molecular weight is 296 g/mol. The minimum Gasteiger partial charge on any atom is -0.245 e. The second-order valence-corrected chi connectivity index (χ2v) is 7.49. The number of aromatic nitrogens is 1. The first-order chi connectivity index (χ1) is 8.97. The summed E-state index contributed by atoms with van der Waals surface area (Å²) in [6, 6.07) is 9.19. The minimum absolute atomic E-state index is 0.0213. The van der Waals surface area contributed by atoms with Crippen molar-refractivity contribution in [3.8, 4) is 0 Å². The molecule has 0 spiro atoms. The lowest BCUT2D eigenvalue weighted by molar-refractivity contribution is 0.462. The van der Waals surface area contributed by atoms with Crippen LogP contribution in [0.15, 0.2) is 35.7 Å². The van der Waals surface area contributed by atoms with Gasteiger partial charge < -0.3 is 0 Å². The fraction of sp³-hybridized carbons (Fsp3) is 0.308. The Bertz CT molecular complexity index is 636. The Hall–Kier alpha value is -1.24. The number of hydrogen-bond donors (Lipinski definition) is 0. The molecule has 0 amide bonds. The number of aryl methyl sites for hydroxylation is 1. The minimum atomic E-state index is -3.30. The molecule has 0 aliphatic rings. The van der Waals surface area contributed by atoms with E-state index in [1.165, 1.54) is 15.6 Å². The second kappa shape index (κ2) is 5.81. The highest BCUT2D eigenvalue weighted by molar-refractivity contribution is 7.88. The van der Waals surface area contributed by atoms with Crippen LogP contribution in [-0.4, -0.2) is 24.8 Å². The van der Waals surface area contributed by atoms with E-state index >= 15 is 0 Å². The van der Waals surface area contributed by atoms with Crippen LogP contribution in [-0.2, 0) is 22.3 Å². The van der Waals surface area contributed by atoms with Gasteiger partial charge in [0.15, 0.2) is 0 Å². The van der Waals surface area contributed by atoms with Gasteiger partial charge in [0.2, 0.25) is 10.0 Å². The molecular formula is C13H16N2O2S2. The number of hydrogen-bond acceptors (Lipinski definition) is 4. The Morgan fingerprint density at radius 1 is 1.26 bits per heavy atom. The third-order valence-corrected chi connectivity index (χ3v) is 5.32. The smallest absolute Gasteiger partial charge is 0.218 e. The van der Waals surface area contributed by atoms with Crippen molar-refractivity contribution in [3.63, 3.8) is 0 Å². The molecule has 19 heavy (non-hydrogen) atoms. The summed E-state index contributed by atoms with van der Waals surface area (Å²) in [5.41, 5.74) is 1.59. The first-order valence-electron chi connectivity index (χ1n) is 5.86. The number of benzene rings is 1. The van der Waals surface area contributed by atoms with Gasteiger partial charge in [-0.3, -0.25) is 0 Å². The maximum atomic E-state index is 12.2. The highest BCUT2D eigenvalue weighted by atomic mass is 32.2. The third-order valence-electron chi connectivity index (χ3n) is 2.72. The van der Waals surface area contributed by atoms with Crippen LogP contribution < -0.4 is 0 Å². The van der Waals surface area contributed by atoms with Gasteiger partial charge in [0.25, 0.3) is 0 Å². The first-order valence-corrected chi connectivity index (χ1v) is 8.35. The molecule has 0 aliphatic carbocycles. The maximum absolute atomic E-state index is 12.2. The average Bonchev–Trinajstić information content (AvgIpc) is 2.75. The molecule has 0 saturated carbocycles. The van der Waals surface area contributed by atoms with Crippen molar-refractivity contribution >= 4 is 21.4 Å². The lowest BCUT2D eigenvalue weighted by Gasteiger charge is -2.16. The molecule has 2 rings (SSSR count). The lowest BCUT2D eigenvalue weighted by atomic mass is 10.2. The Morgan fingerprint density at radius 3 is 2.53 bits per heavy atom. The molecule has 0 radical (unpaired) electrons. The van der Waals surface area contributed by atoms with Gasteiger partial charge >= 0.3 is 0 Å². The van der Waals surface area contributed by atoms with Crippen LogP contribution in [0.3, 0.4) is 0 Å². The number of thiazole rings is 1. The number of nitrogens with zero attached hydrogens (tertiary/aromatic N) is 2. The molecule has 1 aromatic heterocycles. The van der Waals surface area contributed by atoms with Gasteiger partial charge in [-0.1, -0.05) is 30.3 Å². The third kappa shape index (κ3) is 3.86. The predicted octanol–water partition coefficient (Wildman–Crippen LogP) is 2.41. The van der Waals surface area contributed by atoms with Gasteiger partial charge in [-0.25, -0.2) is 13.4 Å². The molecule has 0 bridgehead atoms. The Kier molecular flexibility index (Phi) is 4.34. The molecule has 0 N–H and O–H groups in total. The maximum Gasteiger partial charge on any atom is 0.218 e. The van der Waals surface area contributed by atoms with Crippen molar-refractivity contribution in [2.75, 3.05) is 7.05 Å². The van der Waals surface area contributed by atoms with E-state index in [0.29, 0.717) is 6.54 Å². The summed E-state index contributed by atoms with van der Waals surface area (Å²) in [4.78, 5) is 4.28.